The Morgan fingerprint density at radius 3 is 2.64 bits per heavy atom. The molecule has 0 aliphatic carbocycles. The summed E-state index contributed by atoms with van der Waals surface area (Å²) in [4.78, 5) is 26.8. The van der Waals surface area contributed by atoms with E-state index in [2.05, 4.69) is 27.6 Å². The standard InChI is InChI=1S/C18H12ClIN2O6/c1-26-15-7-9(5-12(20)16(15)27-2)6-13-18(23)28-17(21-13)10-3-4-11(19)14(8-10)22(24)25/h3-8H,1-2H3. The summed E-state index contributed by atoms with van der Waals surface area (Å²) in [6.07, 6.45) is 1.53. The van der Waals surface area contributed by atoms with Crippen LogP contribution < -0.4 is 9.47 Å². The fraction of sp³-hybridized carbons (Fsp3) is 0.111. The third-order valence-electron chi connectivity index (χ3n) is 3.77. The maximum Gasteiger partial charge on any atom is 0.363 e. The van der Waals surface area contributed by atoms with Crippen LogP contribution in [0.5, 0.6) is 11.5 Å². The zero-order chi connectivity index (χ0) is 20.4. The third kappa shape index (κ3) is 3.94. The summed E-state index contributed by atoms with van der Waals surface area (Å²) in [7, 11) is 3.05. The summed E-state index contributed by atoms with van der Waals surface area (Å²) >= 11 is 7.90. The van der Waals surface area contributed by atoms with E-state index in [0.29, 0.717) is 17.1 Å². The third-order valence-corrected chi connectivity index (χ3v) is 4.89. The van der Waals surface area contributed by atoms with Gasteiger partial charge in [0.25, 0.3) is 5.69 Å². The minimum atomic E-state index is -0.669. The summed E-state index contributed by atoms with van der Waals surface area (Å²) < 4.78 is 16.5. The number of nitro groups is 1. The summed E-state index contributed by atoms with van der Waals surface area (Å²) in [5.74, 6) is 0.380. The number of nitrogens with zero attached hydrogens (tertiary/aromatic N) is 2. The summed E-state index contributed by atoms with van der Waals surface area (Å²) in [6.45, 7) is 0. The molecule has 0 N–H and O–H groups in total. The van der Waals surface area contributed by atoms with Gasteiger partial charge in [-0.2, -0.15) is 0 Å². The van der Waals surface area contributed by atoms with Crippen molar-refractivity contribution in [3.05, 3.63) is 65.9 Å². The smallest absolute Gasteiger partial charge is 0.363 e. The van der Waals surface area contributed by atoms with Gasteiger partial charge < -0.3 is 14.2 Å². The van der Waals surface area contributed by atoms with E-state index in [9.17, 15) is 14.9 Å². The van der Waals surface area contributed by atoms with Gasteiger partial charge in [0.15, 0.2) is 17.2 Å². The Balaban J connectivity index is 2.00. The zero-order valence-corrected chi connectivity index (χ0v) is 17.5. The fourth-order valence-corrected chi connectivity index (χ4v) is 3.53. The van der Waals surface area contributed by atoms with Crippen LogP contribution in [0.25, 0.3) is 6.08 Å². The first-order valence-electron chi connectivity index (χ1n) is 7.72. The molecule has 0 saturated carbocycles. The van der Waals surface area contributed by atoms with Crippen LogP contribution in [0.2, 0.25) is 5.02 Å². The molecule has 1 aliphatic heterocycles. The minimum Gasteiger partial charge on any atom is -0.493 e. The first-order valence-corrected chi connectivity index (χ1v) is 9.18. The van der Waals surface area contributed by atoms with Crippen molar-refractivity contribution >= 4 is 57.8 Å². The highest BCUT2D eigenvalue weighted by Gasteiger charge is 2.26. The van der Waals surface area contributed by atoms with E-state index in [4.69, 9.17) is 25.8 Å². The molecule has 0 fully saturated rings. The fourth-order valence-electron chi connectivity index (χ4n) is 2.50. The molecular weight excluding hydrogens is 503 g/mol. The molecular formula is C18H12ClIN2O6. The van der Waals surface area contributed by atoms with Crippen molar-refractivity contribution in [2.75, 3.05) is 14.2 Å². The lowest BCUT2D eigenvalue weighted by Gasteiger charge is -2.10. The van der Waals surface area contributed by atoms with Crippen molar-refractivity contribution in [2.45, 2.75) is 0 Å². The van der Waals surface area contributed by atoms with Gasteiger partial charge in [-0.15, -0.1) is 0 Å². The molecule has 0 bridgehead atoms. The van der Waals surface area contributed by atoms with Crippen molar-refractivity contribution in [3.8, 4) is 11.5 Å². The molecule has 3 rings (SSSR count). The number of nitro benzene ring substituents is 1. The number of hydrogen-bond acceptors (Lipinski definition) is 7. The average Bonchev–Trinajstić information content (AvgIpc) is 3.01. The highest BCUT2D eigenvalue weighted by Crippen LogP contribution is 2.35. The molecule has 0 unspecified atom stereocenters. The second-order valence-electron chi connectivity index (χ2n) is 5.50. The highest BCUT2D eigenvalue weighted by molar-refractivity contribution is 14.1. The second-order valence-corrected chi connectivity index (χ2v) is 7.07. The molecule has 2 aromatic carbocycles. The Morgan fingerprint density at radius 1 is 1.25 bits per heavy atom. The van der Waals surface area contributed by atoms with E-state index < -0.39 is 10.9 Å². The van der Waals surface area contributed by atoms with Gasteiger partial charge in [-0.05, 0) is 58.5 Å². The predicted molar refractivity (Wildman–Crippen MR) is 111 cm³/mol. The lowest BCUT2D eigenvalue weighted by atomic mass is 10.1. The molecule has 8 nitrogen and oxygen atoms in total. The second kappa shape index (κ2) is 8.15. The number of esters is 1. The SMILES string of the molecule is COc1cc(C=C2N=C(c3ccc(Cl)c([N+](=O)[O-])c3)OC2=O)cc(I)c1OC. The quantitative estimate of drug-likeness (QED) is 0.195. The number of carbonyl (C=O) groups is 1. The van der Waals surface area contributed by atoms with Crippen LogP contribution in [0.4, 0.5) is 5.69 Å². The number of carbonyl (C=O) groups excluding carboxylic acids is 1. The Hall–Kier alpha value is -2.66. The van der Waals surface area contributed by atoms with Crippen molar-refractivity contribution in [3.63, 3.8) is 0 Å². The molecule has 28 heavy (non-hydrogen) atoms. The van der Waals surface area contributed by atoms with E-state index >= 15 is 0 Å². The van der Waals surface area contributed by atoms with Gasteiger partial charge in [0.05, 0.1) is 22.7 Å². The van der Waals surface area contributed by atoms with Gasteiger partial charge in [-0.1, -0.05) is 11.6 Å². The van der Waals surface area contributed by atoms with Crippen LogP contribution in [-0.2, 0) is 9.53 Å². The van der Waals surface area contributed by atoms with Gasteiger partial charge in [-0.3, -0.25) is 10.1 Å². The molecule has 0 aromatic heterocycles. The van der Waals surface area contributed by atoms with E-state index in [-0.39, 0.29) is 27.9 Å². The van der Waals surface area contributed by atoms with Gasteiger partial charge >= 0.3 is 5.97 Å². The molecule has 2 aromatic rings. The van der Waals surface area contributed by atoms with Crippen LogP contribution in [0.3, 0.4) is 0 Å². The molecule has 144 valence electrons. The van der Waals surface area contributed by atoms with Crippen molar-refractivity contribution in [1.82, 2.24) is 0 Å². The van der Waals surface area contributed by atoms with Crippen LogP contribution in [0, 0.1) is 13.7 Å². The van der Waals surface area contributed by atoms with Gasteiger partial charge in [0.2, 0.25) is 5.90 Å². The lowest BCUT2D eigenvalue weighted by Crippen LogP contribution is -2.06. The number of hydrogen-bond donors (Lipinski definition) is 0. The number of aliphatic imine (C=N–C) groups is 1. The zero-order valence-electron chi connectivity index (χ0n) is 14.6. The maximum absolute atomic E-state index is 12.2. The molecule has 0 radical (unpaired) electrons. The molecule has 0 amide bonds. The summed E-state index contributed by atoms with van der Waals surface area (Å²) in [5.41, 5.74) is 0.677. The molecule has 1 aliphatic rings. The van der Waals surface area contributed by atoms with Crippen LogP contribution in [0.15, 0.2) is 41.0 Å². The van der Waals surface area contributed by atoms with Crippen molar-refractivity contribution in [2.24, 2.45) is 4.99 Å². The topological polar surface area (TPSA) is 100 Å². The Kier molecular flexibility index (Phi) is 5.84. The van der Waals surface area contributed by atoms with E-state index in [1.807, 2.05) is 0 Å². The molecule has 0 spiro atoms. The number of rotatable bonds is 5. The maximum atomic E-state index is 12.2. The van der Waals surface area contributed by atoms with E-state index in [1.165, 1.54) is 38.5 Å². The van der Waals surface area contributed by atoms with Gasteiger partial charge in [0, 0.05) is 11.6 Å². The molecule has 10 heteroatoms. The van der Waals surface area contributed by atoms with E-state index in [0.717, 1.165) is 3.57 Å². The first kappa shape index (κ1) is 20.1. The number of cyclic esters (lactones) is 1. The van der Waals surface area contributed by atoms with Crippen LogP contribution >= 0.6 is 34.2 Å². The number of halogens is 2. The van der Waals surface area contributed by atoms with Crippen LogP contribution in [0.1, 0.15) is 11.1 Å². The Morgan fingerprint density at radius 2 is 2.00 bits per heavy atom. The molecule has 0 atom stereocenters. The first-order chi connectivity index (χ1) is 13.3. The summed E-state index contributed by atoms with van der Waals surface area (Å²) in [6, 6.07) is 7.54. The molecule has 0 saturated heterocycles. The highest BCUT2D eigenvalue weighted by atomic mass is 127. The van der Waals surface area contributed by atoms with Gasteiger partial charge in [-0.25, -0.2) is 9.79 Å². The Bertz CT molecular complexity index is 1050. The van der Waals surface area contributed by atoms with Gasteiger partial charge in [0.1, 0.15) is 5.02 Å². The van der Waals surface area contributed by atoms with Crippen LogP contribution in [-0.4, -0.2) is 31.0 Å². The largest absolute Gasteiger partial charge is 0.493 e. The molecule has 1 heterocycles. The Labute approximate surface area is 178 Å². The lowest BCUT2D eigenvalue weighted by molar-refractivity contribution is -0.384. The number of benzene rings is 2. The van der Waals surface area contributed by atoms with E-state index in [1.54, 1.807) is 12.1 Å². The monoisotopic (exact) mass is 514 g/mol. The normalized spacial score (nSPS) is 14.6. The van der Waals surface area contributed by atoms with Crippen molar-refractivity contribution < 1.29 is 23.9 Å². The number of methoxy groups -OCH3 is 2. The van der Waals surface area contributed by atoms with Crippen molar-refractivity contribution in [1.29, 1.82) is 0 Å². The minimum absolute atomic E-state index is 0.0191. The predicted octanol–water partition coefficient (Wildman–Crippen LogP) is 4.21. The number of ether oxygens (including phenoxy) is 3. The summed E-state index contributed by atoms with van der Waals surface area (Å²) in [5, 5.41) is 11.0. The average molecular weight is 515 g/mol.